The maximum Gasteiger partial charge on any atom is 0.397 e. The van der Waals surface area contributed by atoms with Gasteiger partial charge in [0.1, 0.15) is 5.25 Å². The van der Waals surface area contributed by atoms with Gasteiger partial charge in [-0.15, -0.1) is 0 Å². The second-order valence-electron chi connectivity index (χ2n) is 2.60. The second kappa shape index (κ2) is 4.91. The van der Waals surface area contributed by atoms with Gasteiger partial charge in [-0.2, -0.15) is 25.3 Å². The Labute approximate surface area is 91.7 Å². The summed E-state index contributed by atoms with van der Waals surface area (Å²) in [4.78, 5) is 0. The topological polar surface area (TPSA) is 172 Å². The SMILES string of the molecule is O=S(=O)(O)CC(COS(=O)(=O)O)S(=O)(=O)O. The van der Waals surface area contributed by atoms with Crippen molar-refractivity contribution < 1.29 is 43.1 Å². The summed E-state index contributed by atoms with van der Waals surface area (Å²) in [6.45, 7) is -1.35. The van der Waals surface area contributed by atoms with Gasteiger partial charge in [0.25, 0.3) is 20.2 Å². The minimum atomic E-state index is -4.99. The van der Waals surface area contributed by atoms with Crippen LogP contribution in [0.25, 0.3) is 0 Å². The molecule has 10 nitrogen and oxygen atoms in total. The molecule has 98 valence electrons. The third kappa shape index (κ3) is 7.91. The van der Waals surface area contributed by atoms with E-state index in [4.69, 9.17) is 13.7 Å². The molecule has 16 heavy (non-hydrogen) atoms. The number of hydrogen-bond acceptors (Lipinski definition) is 7. The van der Waals surface area contributed by atoms with Crippen LogP contribution in [-0.4, -0.2) is 56.5 Å². The summed E-state index contributed by atoms with van der Waals surface area (Å²) in [5.41, 5.74) is 0. The van der Waals surface area contributed by atoms with Crippen LogP contribution in [0.15, 0.2) is 0 Å². The van der Waals surface area contributed by atoms with Gasteiger partial charge < -0.3 is 0 Å². The molecule has 0 aromatic carbocycles. The quantitative estimate of drug-likeness (QED) is 0.463. The van der Waals surface area contributed by atoms with Crippen LogP contribution in [0.3, 0.4) is 0 Å². The maximum absolute atomic E-state index is 10.5. The first-order valence-corrected chi connectivity index (χ1v) is 7.82. The third-order valence-corrected chi connectivity index (χ3v) is 3.83. The Morgan fingerprint density at radius 3 is 1.62 bits per heavy atom. The zero-order valence-corrected chi connectivity index (χ0v) is 9.87. The Morgan fingerprint density at radius 1 is 0.938 bits per heavy atom. The van der Waals surface area contributed by atoms with Crippen molar-refractivity contribution in [2.45, 2.75) is 5.25 Å². The highest BCUT2D eigenvalue weighted by molar-refractivity contribution is 7.90. The molecule has 0 rings (SSSR count). The summed E-state index contributed by atoms with van der Waals surface area (Å²) in [6, 6.07) is 0. The number of hydrogen-bond donors (Lipinski definition) is 3. The maximum atomic E-state index is 10.5. The summed E-state index contributed by atoms with van der Waals surface area (Å²) < 4.78 is 90.4. The molecule has 0 radical (unpaired) electrons. The monoisotopic (exact) mass is 300 g/mol. The zero-order valence-electron chi connectivity index (χ0n) is 7.42. The van der Waals surface area contributed by atoms with E-state index in [1.165, 1.54) is 0 Å². The summed E-state index contributed by atoms with van der Waals surface area (Å²) >= 11 is 0. The highest BCUT2D eigenvalue weighted by atomic mass is 32.3. The molecule has 0 heterocycles. The molecular weight excluding hydrogens is 292 g/mol. The Bertz CT molecular complexity index is 522. The molecular formula is C3H8O10S3. The van der Waals surface area contributed by atoms with Gasteiger partial charge in [0, 0.05) is 0 Å². The predicted molar refractivity (Wildman–Crippen MR) is 49.3 cm³/mol. The molecule has 0 fully saturated rings. The Balaban J connectivity index is 4.87. The van der Waals surface area contributed by atoms with Gasteiger partial charge in [-0.3, -0.25) is 13.7 Å². The molecule has 0 saturated carbocycles. The lowest BCUT2D eigenvalue weighted by Crippen LogP contribution is -2.34. The van der Waals surface area contributed by atoms with Crippen molar-refractivity contribution in [1.82, 2.24) is 0 Å². The van der Waals surface area contributed by atoms with Crippen molar-refractivity contribution >= 4 is 30.6 Å². The van der Waals surface area contributed by atoms with Crippen LogP contribution in [0, 0.1) is 0 Å². The van der Waals surface area contributed by atoms with E-state index in [2.05, 4.69) is 4.18 Å². The van der Waals surface area contributed by atoms with Crippen molar-refractivity contribution in [2.24, 2.45) is 0 Å². The summed E-state index contributed by atoms with van der Waals surface area (Å²) in [7, 11) is -14.7. The fourth-order valence-corrected chi connectivity index (χ4v) is 3.05. The standard InChI is InChI=1S/C3H8O10S3/c4-14(5,6)2-3(15(7,8)9)1-13-16(10,11)12/h3H,1-2H2,(H,4,5,6)(H,7,8,9)(H,10,11,12). The van der Waals surface area contributed by atoms with Crippen molar-refractivity contribution in [3.05, 3.63) is 0 Å². The van der Waals surface area contributed by atoms with Gasteiger partial charge in [-0.05, 0) is 0 Å². The van der Waals surface area contributed by atoms with Gasteiger partial charge in [-0.1, -0.05) is 0 Å². The molecule has 1 atom stereocenters. The van der Waals surface area contributed by atoms with Crippen LogP contribution in [-0.2, 0) is 34.8 Å². The second-order valence-corrected chi connectivity index (χ2v) is 6.88. The van der Waals surface area contributed by atoms with Gasteiger partial charge in [0.05, 0.1) is 12.4 Å². The van der Waals surface area contributed by atoms with Crippen molar-refractivity contribution in [3.8, 4) is 0 Å². The Hall–Kier alpha value is -0.310. The van der Waals surface area contributed by atoms with Crippen LogP contribution in [0.4, 0.5) is 0 Å². The van der Waals surface area contributed by atoms with E-state index >= 15 is 0 Å². The Morgan fingerprint density at radius 2 is 1.38 bits per heavy atom. The van der Waals surface area contributed by atoms with Crippen molar-refractivity contribution in [3.63, 3.8) is 0 Å². The molecule has 0 spiro atoms. The molecule has 0 aliphatic carbocycles. The van der Waals surface area contributed by atoms with Crippen LogP contribution in [0.2, 0.25) is 0 Å². The number of rotatable bonds is 6. The van der Waals surface area contributed by atoms with E-state index in [1.54, 1.807) is 0 Å². The van der Waals surface area contributed by atoms with Crippen LogP contribution < -0.4 is 0 Å². The third-order valence-electron chi connectivity index (χ3n) is 1.22. The van der Waals surface area contributed by atoms with Crippen LogP contribution in [0.5, 0.6) is 0 Å². The van der Waals surface area contributed by atoms with E-state index < -0.39 is 48.2 Å². The molecule has 0 saturated heterocycles. The lowest BCUT2D eigenvalue weighted by atomic mass is 10.5. The molecule has 13 heteroatoms. The van der Waals surface area contributed by atoms with E-state index in [-0.39, 0.29) is 0 Å². The zero-order chi connectivity index (χ0) is 13.2. The van der Waals surface area contributed by atoms with Gasteiger partial charge in [-0.25, -0.2) is 4.18 Å². The molecule has 0 aliphatic rings. The minimum absolute atomic E-state index is 1.35. The van der Waals surface area contributed by atoms with E-state index in [1.807, 2.05) is 0 Å². The highest BCUT2D eigenvalue weighted by Crippen LogP contribution is 2.05. The van der Waals surface area contributed by atoms with Gasteiger partial charge in [0.15, 0.2) is 0 Å². The molecule has 0 aromatic heterocycles. The summed E-state index contributed by atoms with van der Waals surface area (Å²) in [5, 5.41) is -2.23. The minimum Gasteiger partial charge on any atom is -0.286 e. The first-order valence-electron chi connectivity index (χ1n) is 3.34. The van der Waals surface area contributed by atoms with E-state index in [0.717, 1.165) is 0 Å². The first-order chi connectivity index (χ1) is 6.81. The predicted octanol–water partition coefficient (Wildman–Crippen LogP) is -2.05. The fraction of sp³-hybridized carbons (Fsp3) is 1.00. The first kappa shape index (κ1) is 15.7. The Kier molecular flexibility index (Phi) is 4.81. The highest BCUT2D eigenvalue weighted by Gasteiger charge is 2.30. The molecule has 0 bridgehead atoms. The summed E-state index contributed by atoms with van der Waals surface area (Å²) in [5.74, 6) is -1.47. The van der Waals surface area contributed by atoms with Gasteiger partial charge >= 0.3 is 10.4 Å². The van der Waals surface area contributed by atoms with Crippen LogP contribution in [0.1, 0.15) is 0 Å². The van der Waals surface area contributed by atoms with Gasteiger partial charge in [0.2, 0.25) is 0 Å². The molecule has 0 amide bonds. The van der Waals surface area contributed by atoms with E-state index in [9.17, 15) is 25.3 Å². The van der Waals surface area contributed by atoms with Crippen molar-refractivity contribution in [2.75, 3.05) is 12.4 Å². The largest absolute Gasteiger partial charge is 0.397 e. The smallest absolute Gasteiger partial charge is 0.286 e. The van der Waals surface area contributed by atoms with Crippen LogP contribution >= 0.6 is 0 Å². The average molecular weight is 300 g/mol. The normalized spacial score (nSPS) is 15.9. The summed E-state index contributed by atoms with van der Waals surface area (Å²) in [6.07, 6.45) is 0. The van der Waals surface area contributed by atoms with Crippen molar-refractivity contribution in [1.29, 1.82) is 0 Å². The fourth-order valence-electron chi connectivity index (χ4n) is 0.617. The molecule has 1 unspecified atom stereocenters. The molecule has 0 aliphatic heterocycles. The molecule has 3 N–H and O–H groups in total. The average Bonchev–Trinajstić information content (AvgIpc) is 1.91. The lowest BCUT2D eigenvalue weighted by Gasteiger charge is -2.10. The van der Waals surface area contributed by atoms with E-state index in [0.29, 0.717) is 0 Å². The lowest BCUT2D eigenvalue weighted by molar-refractivity contribution is 0.266. The molecule has 0 aromatic rings.